The number of esters is 1. The van der Waals surface area contributed by atoms with Crippen LogP contribution in [0.5, 0.6) is 0 Å². The van der Waals surface area contributed by atoms with Gasteiger partial charge < -0.3 is 29.7 Å². The molecule has 0 radical (unpaired) electrons. The van der Waals surface area contributed by atoms with Crippen molar-refractivity contribution < 1.29 is 33.8 Å². The van der Waals surface area contributed by atoms with Crippen LogP contribution in [0.3, 0.4) is 0 Å². The van der Waals surface area contributed by atoms with Crippen LogP contribution in [-0.4, -0.2) is 82.1 Å². The molecule has 2 N–H and O–H groups in total. The summed E-state index contributed by atoms with van der Waals surface area (Å²) < 4.78 is 12.4. The number of para-hydroxylation sites is 1. The van der Waals surface area contributed by atoms with E-state index in [4.69, 9.17) is 21.1 Å². The molecular formula is C35H39BrClN3O7. The van der Waals surface area contributed by atoms with Gasteiger partial charge in [0.25, 0.3) is 5.91 Å². The molecule has 8 atom stereocenters. The topological polar surface area (TPSA) is 125 Å². The molecule has 3 saturated heterocycles. The standard InChI is InChI=1S/C35H39BrClN3O7/c1-4-6-16-27(42)38-19-21(3)46-34(45)28-29-32(43)40(26(20-41)22-12-8-7-9-13-22)31(35(29)18-23(36)30(28)47-35)33(44)39(17-5-2)25-15-11-10-14-24(25)37/h4-5,7-15,21,23,26,28-31,41H,1-2,6,16-20H2,3H3,(H,38,42)/t21-,23?,26-,28+,29-,30+,31+,35-/m1/s1. The van der Waals surface area contributed by atoms with Crippen LogP contribution in [0.2, 0.25) is 5.02 Å². The molecule has 1 unspecified atom stereocenters. The molecular weight excluding hydrogens is 690 g/mol. The van der Waals surface area contributed by atoms with E-state index in [9.17, 15) is 24.3 Å². The van der Waals surface area contributed by atoms with E-state index in [-0.39, 0.29) is 36.7 Å². The van der Waals surface area contributed by atoms with Gasteiger partial charge in [0.1, 0.15) is 17.7 Å². The van der Waals surface area contributed by atoms with Gasteiger partial charge in [-0.1, -0.05) is 82.1 Å². The van der Waals surface area contributed by atoms with E-state index >= 15 is 0 Å². The number of anilines is 1. The van der Waals surface area contributed by atoms with Gasteiger partial charge >= 0.3 is 5.97 Å². The fraction of sp³-hybridized carbons (Fsp3) is 0.429. The monoisotopic (exact) mass is 727 g/mol. The number of rotatable bonds is 14. The predicted molar refractivity (Wildman–Crippen MR) is 181 cm³/mol. The number of fused-ring (bicyclic) bond motifs is 1. The smallest absolute Gasteiger partial charge is 0.312 e. The molecule has 5 rings (SSSR count). The summed E-state index contributed by atoms with van der Waals surface area (Å²) in [6, 6.07) is 13.7. The Morgan fingerprint density at radius 1 is 1.19 bits per heavy atom. The first kappa shape index (κ1) is 34.8. The number of allylic oxidation sites excluding steroid dienone is 1. The molecule has 0 aliphatic carbocycles. The molecule has 1 spiro atoms. The summed E-state index contributed by atoms with van der Waals surface area (Å²) in [6.45, 7) is 8.80. The van der Waals surface area contributed by atoms with E-state index in [2.05, 4.69) is 34.4 Å². The first-order chi connectivity index (χ1) is 22.6. The highest BCUT2D eigenvalue weighted by Gasteiger charge is 2.77. The van der Waals surface area contributed by atoms with Crippen molar-refractivity contribution in [2.24, 2.45) is 11.8 Å². The van der Waals surface area contributed by atoms with Crippen molar-refractivity contribution in [1.29, 1.82) is 0 Å². The van der Waals surface area contributed by atoms with Gasteiger partial charge in [-0.15, -0.1) is 13.2 Å². The van der Waals surface area contributed by atoms with Crippen LogP contribution in [0, 0.1) is 11.8 Å². The number of hydrogen-bond donors (Lipinski definition) is 2. The lowest BCUT2D eigenvalue weighted by Gasteiger charge is -2.39. The van der Waals surface area contributed by atoms with E-state index in [1.165, 1.54) is 9.80 Å². The van der Waals surface area contributed by atoms with Gasteiger partial charge in [-0.3, -0.25) is 19.2 Å². The third-order valence-electron chi connectivity index (χ3n) is 9.13. The lowest BCUT2D eigenvalue weighted by atomic mass is 9.70. The summed E-state index contributed by atoms with van der Waals surface area (Å²) in [4.78, 5) is 58.1. The van der Waals surface area contributed by atoms with Gasteiger partial charge in [0, 0.05) is 17.8 Å². The fourth-order valence-electron chi connectivity index (χ4n) is 7.13. The van der Waals surface area contributed by atoms with Crippen molar-refractivity contribution in [2.75, 3.05) is 24.6 Å². The summed E-state index contributed by atoms with van der Waals surface area (Å²) in [5.74, 6) is -3.92. The first-order valence-electron chi connectivity index (χ1n) is 15.6. The summed E-state index contributed by atoms with van der Waals surface area (Å²) in [5.41, 5.74) is -0.369. The molecule has 0 saturated carbocycles. The first-order valence-corrected chi connectivity index (χ1v) is 16.9. The molecule has 2 aromatic carbocycles. The maximum absolute atomic E-state index is 14.9. The predicted octanol–water partition coefficient (Wildman–Crippen LogP) is 4.35. The van der Waals surface area contributed by atoms with Gasteiger partial charge in [-0.25, -0.2) is 0 Å². The molecule has 0 aromatic heterocycles. The molecule has 12 heteroatoms. The number of nitrogens with one attached hydrogen (secondary N) is 1. The van der Waals surface area contributed by atoms with Crippen LogP contribution in [-0.2, 0) is 28.7 Å². The molecule has 3 aliphatic rings. The largest absolute Gasteiger partial charge is 0.460 e. The SMILES string of the molecule is C=CCCC(=O)NC[C@@H](C)OC(=O)[C@@H]1[C@H]2O[C@@]3(CC2Br)[C@H](C(=O)N(CC=C)c2ccccc2Cl)N([C@H](CO)c2ccccc2)C(=O)[C@@H]13. The van der Waals surface area contributed by atoms with Gasteiger partial charge in [0.15, 0.2) is 0 Å². The van der Waals surface area contributed by atoms with E-state index in [0.717, 1.165) is 0 Å². The van der Waals surface area contributed by atoms with Crippen LogP contribution in [0.1, 0.15) is 37.8 Å². The number of aliphatic hydroxyl groups excluding tert-OH is 1. The minimum absolute atomic E-state index is 0.0830. The Labute approximate surface area is 287 Å². The Morgan fingerprint density at radius 2 is 1.89 bits per heavy atom. The number of amides is 3. The van der Waals surface area contributed by atoms with Gasteiger partial charge in [-0.2, -0.15) is 0 Å². The van der Waals surface area contributed by atoms with Gasteiger partial charge in [0.2, 0.25) is 11.8 Å². The molecule has 2 bridgehead atoms. The minimum Gasteiger partial charge on any atom is -0.460 e. The van der Waals surface area contributed by atoms with Crippen LogP contribution in [0.25, 0.3) is 0 Å². The summed E-state index contributed by atoms with van der Waals surface area (Å²) in [5, 5.41) is 13.8. The number of halogens is 2. The third-order valence-corrected chi connectivity index (χ3v) is 10.3. The molecule has 2 aromatic rings. The Morgan fingerprint density at radius 3 is 2.55 bits per heavy atom. The average molecular weight is 729 g/mol. The molecule has 3 aliphatic heterocycles. The maximum Gasteiger partial charge on any atom is 0.312 e. The average Bonchev–Trinajstić information content (AvgIpc) is 3.66. The highest BCUT2D eigenvalue weighted by molar-refractivity contribution is 9.09. The lowest BCUT2D eigenvalue weighted by molar-refractivity contribution is -0.159. The molecule has 250 valence electrons. The zero-order valence-electron chi connectivity index (χ0n) is 26.1. The van der Waals surface area contributed by atoms with Crippen LogP contribution in [0.15, 0.2) is 79.9 Å². The fourth-order valence-corrected chi connectivity index (χ4v) is 8.31. The number of aliphatic hydroxyl groups is 1. The number of nitrogens with zero attached hydrogens (tertiary/aromatic N) is 2. The van der Waals surface area contributed by atoms with Crippen molar-refractivity contribution in [3.63, 3.8) is 0 Å². The van der Waals surface area contributed by atoms with Crippen molar-refractivity contribution in [2.45, 2.75) is 60.9 Å². The van der Waals surface area contributed by atoms with Crippen LogP contribution in [0.4, 0.5) is 5.69 Å². The quantitative estimate of drug-likeness (QED) is 0.168. The van der Waals surface area contributed by atoms with Gasteiger partial charge in [0.05, 0.1) is 47.8 Å². The van der Waals surface area contributed by atoms with E-state index in [1.54, 1.807) is 67.6 Å². The van der Waals surface area contributed by atoms with E-state index in [0.29, 0.717) is 22.7 Å². The number of carbonyl (C=O) groups is 4. The van der Waals surface area contributed by atoms with Crippen LogP contribution < -0.4 is 10.2 Å². The number of alkyl halides is 1. The second-order valence-corrected chi connectivity index (χ2v) is 13.7. The van der Waals surface area contributed by atoms with Gasteiger partial charge in [-0.05, 0) is 37.5 Å². The highest BCUT2D eigenvalue weighted by atomic mass is 79.9. The highest BCUT2D eigenvalue weighted by Crippen LogP contribution is 2.61. The lowest BCUT2D eigenvalue weighted by Crippen LogP contribution is -2.57. The summed E-state index contributed by atoms with van der Waals surface area (Å²) in [6.07, 6.45) is 2.82. The third kappa shape index (κ3) is 6.50. The van der Waals surface area contributed by atoms with E-state index < -0.39 is 66.1 Å². The number of ether oxygens (including phenoxy) is 2. The second-order valence-electron chi connectivity index (χ2n) is 12.1. The Balaban J connectivity index is 1.53. The molecule has 3 fully saturated rings. The maximum atomic E-state index is 14.9. The molecule has 3 heterocycles. The Kier molecular flexibility index (Phi) is 10.9. The van der Waals surface area contributed by atoms with Crippen LogP contribution >= 0.6 is 27.5 Å². The Bertz CT molecular complexity index is 1530. The Hall–Kier alpha value is -3.51. The number of benzene rings is 2. The van der Waals surface area contributed by atoms with Crippen molar-refractivity contribution >= 4 is 56.9 Å². The second kappa shape index (κ2) is 14.7. The zero-order chi connectivity index (χ0) is 33.9. The minimum atomic E-state index is -1.41. The molecule has 3 amide bonds. The molecule has 10 nitrogen and oxygen atoms in total. The zero-order valence-corrected chi connectivity index (χ0v) is 28.4. The summed E-state index contributed by atoms with van der Waals surface area (Å²) in [7, 11) is 0. The molecule has 47 heavy (non-hydrogen) atoms. The van der Waals surface area contributed by atoms with Crippen molar-refractivity contribution in [3.05, 3.63) is 90.5 Å². The summed E-state index contributed by atoms with van der Waals surface area (Å²) >= 11 is 10.2. The van der Waals surface area contributed by atoms with E-state index in [1.807, 2.05) is 6.07 Å². The number of hydrogen-bond acceptors (Lipinski definition) is 7. The number of likely N-dealkylation sites (tertiary alicyclic amines) is 1. The van der Waals surface area contributed by atoms with Crippen molar-refractivity contribution in [1.82, 2.24) is 10.2 Å². The van der Waals surface area contributed by atoms with Crippen molar-refractivity contribution in [3.8, 4) is 0 Å². The number of carbonyl (C=O) groups excluding carboxylic acids is 4. The normalized spacial score (nSPS) is 27.1.